The van der Waals surface area contributed by atoms with Gasteiger partial charge in [0.15, 0.2) is 0 Å². The number of nitrogens with one attached hydrogen (secondary N) is 2. The Morgan fingerprint density at radius 3 is 2.95 bits per heavy atom. The van der Waals surface area contributed by atoms with Gasteiger partial charge in [0.2, 0.25) is 5.91 Å². The highest BCUT2D eigenvalue weighted by Crippen LogP contribution is 2.18. The van der Waals surface area contributed by atoms with Crippen molar-refractivity contribution in [2.24, 2.45) is 0 Å². The van der Waals surface area contributed by atoms with E-state index in [0.29, 0.717) is 19.7 Å². The molecule has 0 heterocycles. The molecule has 112 valence electrons. The van der Waals surface area contributed by atoms with Crippen molar-refractivity contribution in [3.8, 4) is 5.75 Å². The van der Waals surface area contributed by atoms with Crippen LogP contribution in [0.3, 0.4) is 0 Å². The number of carbonyl (C=O) groups is 1. The molecule has 0 aliphatic rings. The molecule has 1 atom stereocenters. The fourth-order valence-corrected chi connectivity index (χ4v) is 1.89. The summed E-state index contributed by atoms with van der Waals surface area (Å²) in [4.78, 5) is 11.5. The molecular formula is C14H21BrN2O3. The maximum atomic E-state index is 11.5. The lowest BCUT2D eigenvalue weighted by Gasteiger charge is -2.15. The van der Waals surface area contributed by atoms with Crippen LogP contribution in [0.15, 0.2) is 28.7 Å². The van der Waals surface area contributed by atoms with Gasteiger partial charge in [-0.25, -0.2) is 0 Å². The molecule has 6 heteroatoms. The zero-order valence-corrected chi connectivity index (χ0v) is 13.4. The van der Waals surface area contributed by atoms with Gasteiger partial charge in [-0.15, -0.1) is 0 Å². The number of amides is 1. The Kier molecular flexibility index (Phi) is 8.25. The quantitative estimate of drug-likeness (QED) is 0.667. The van der Waals surface area contributed by atoms with Crippen molar-refractivity contribution in [3.05, 3.63) is 28.7 Å². The van der Waals surface area contributed by atoms with Crippen LogP contribution in [0.2, 0.25) is 0 Å². The van der Waals surface area contributed by atoms with E-state index in [1.54, 1.807) is 7.11 Å². The number of ether oxygens (including phenoxy) is 2. The molecule has 1 aromatic carbocycles. The molecule has 1 aromatic rings. The van der Waals surface area contributed by atoms with Gasteiger partial charge in [0.05, 0.1) is 19.7 Å². The van der Waals surface area contributed by atoms with Crippen molar-refractivity contribution in [1.82, 2.24) is 10.6 Å². The highest BCUT2D eigenvalue weighted by atomic mass is 79.9. The lowest BCUT2D eigenvalue weighted by molar-refractivity contribution is -0.120. The average molecular weight is 345 g/mol. The third-order valence-corrected chi connectivity index (χ3v) is 2.98. The van der Waals surface area contributed by atoms with Crippen LogP contribution in [0.25, 0.3) is 0 Å². The number of hydrogen-bond acceptors (Lipinski definition) is 4. The van der Waals surface area contributed by atoms with Crippen molar-refractivity contribution in [1.29, 1.82) is 0 Å². The van der Waals surface area contributed by atoms with E-state index in [9.17, 15) is 4.79 Å². The first-order valence-corrected chi connectivity index (χ1v) is 7.29. The third kappa shape index (κ3) is 7.47. The number of carbonyl (C=O) groups excluding carboxylic acids is 1. The maximum Gasteiger partial charge on any atom is 0.234 e. The Bertz CT molecular complexity index is 415. The predicted molar refractivity (Wildman–Crippen MR) is 82.0 cm³/mol. The molecule has 0 aliphatic carbocycles. The molecule has 2 N–H and O–H groups in total. The summed E-state index contributed by atoms with van der Waals surface area (Å²) >= 11 is 3.39. The highest BCUT2D eigenvalue weighted by Gasteiger charge is 2.07. The van der Waals surface area contributed by atoms with E-state index in [-0.39, 0.29) is 18.6 Å². The van der Waals surface area contributed by atoms with Crippen molar-refractivity contribution < 1.29 is 14.3 Å². The van der Waals surface area contributed by atoms with Crippen LogP contribution in [0.5, 0.6) is 5.75 Å². The Labute approximate surface area is 128 Å². The molecular weight excluding hydrogens is 324 g/mol. The summed E-state index contributed by atoms with van der Waals surface area (Å²) in [6, 6.07) is 7.62. The zero-order valence-electron chi connectivity index (χ0n) is 11.8. The summed E-state index contributed by atoms with van der Waals surface area (Å²) in [5.74, 6) is 0.727. The first-order valence-electron chi connectivity index (χ1n) is 6.50. The van der Waals surface area contributed by atoms with Gasteiger partial charge in [-0.05, 0) is 25.1 Å². The second-order valence-corrected chi connectivity index (χ2v) is 5.28. The van der Waals surface area contributed by atoms with Gasteiger partial charge >= 0.3 is 0 Å². The minimum Gasteiger partial charge on any atom is -0.489 e. The van der Waals surface area contributed by atoms with E-state index in [0.717, 1.165) is 10.2 Å². The monoisotopic (exact) mass is 344 g/mol. The minimum absolute atomic E-state index is 0.0502. The highest BCUT2D eigenvalue weighted by molar-refractivity contribution is 9.10. The van der Waals surface area contributed by atoms with E-state index in [1.165, 1.54) is 0 Å². The number of halogens is 1. The fourth-order valence-electron chi connectivity index (χ4n) is 1.51. The van der Waals surface area contributed by atoms with Crippen LogP contribution in [0, 0.1) is 0 Å². The summed E-state index contributed by atoms with van der Waals surface area (Å²) in [7, 11) is 1.63. The van der Waals surface area contributed by atoms with E-state index in [4.69, 9.17) is 9.47 Å². The lowest BCUT2D eigenvalue weighted by atomic mass is 10.3. The van der Waals surface area contributed by atoms with Crippen molar-refractivity contribution in [2.75, 3.05) is 33.4 Å². The molecule has 5 nitrogen and oxygen atoms in total. The molecule has 0 fully saturated rings. The van der Waals surface area contributed by atoms with E-state index in [1.807, 2.05) is 31.2 Å². The normalized spacial score (nSPS) is 11.9. The van der Waals surface area contributed by atoms with Crippen molar-refractivity contribution in [3.63, 3.8) is 0 Å². The van der Waals surface area contributed by atoms with Gasteiger partial charge in [0.25, 0.3) is 0 Å². The van der Waals surface area contributed by atoms with E-state index >= 15 is 0 Å². The lowest BCUT2D eigenvalue weighted by Crippen LogP contribution is -2.39. The van der Waals surface area contributed by atoms with Crippen molar-refractivity contribution in [2.45, 2.75) is 13.0 Å². The van der Waals surface area contributed by atoms with Crippen LogP contribution in [-0.2, 0) is 9.53 Å². The Morgan fingerprint density at radius 1 is 1.45 bits per heavy atom. The zero-order chi connectivity index (χ0) is 14.8. The fraction of sp³-hybridized carbons (Fsp3) is 0.500. The van der Waals surface area contributed by atoms with Crippen LogP contribution >= 0.6 is 15.9 Å². The summed E-state index contributed by atoms with van der Waals surface area (Å²) in [5.41, 5.74) is 0. The Balaban J connectivity index is 2.19. The molecule has 0 radical (unpaired) electrons. The molecule has 20 heavy (non-hydrogen) atoms. The second kappa shape index (κ2) is 9.74. The molecule has 0 saturated carbocycles. The van der Waals surface area contributed by atoms with Crippen LogP contribution in [-0.4, -0.2) is 45.4 Å². The Hall–Kier alpha value is -1.11. The van der Waals surface area contributed by atoms with Gasteiger partial charge in [-0.2, -0.15) is 0 Å². The first-order chi connectivity index (χ1) is 9.61. The van der Waals surface area contributed by atoms with E-state index < -0.39 is 0 Å². The summed E-state index contributed by atoms with van der Waals surface area (Å²) < 4.78 is 11.5. The SMILES string of the molecule is COCCNCC(=O)NCC(C)Oc1cccc(Br)c1. The molecule has 0 aliphatic heterocycles. The maximum absolute atomic E-state index is 11.5. The molecule has 1 rings (SSSR count). The van der Waals surface area contributed by atoms with Gasteiger partial charge in [-0.1, -0.05) is 22.0 Å². The summed E-state index contributed by atoms with van der Waals surface area (Å²) in [5, 5.41) is 5.80. The number of hydrogen-bond donors (Lipinski definition) is 2. The van der Waals surface area contributed by atoms with Crippen LogP contribution < -0.4 is 15.4 Å². The number of rotatable bonds is 9. The molecule has 1 unspecified atom stereocenters. The molecule has 0 aromatic heterocycles. The largest absolute Gasteiger partial charge is 0.489 e. The topological polar surface area (TPSA) is 59.6 Å². The first kappa shape index (κ1) is 16.9. The van der Waals surface area contributed by atoms with Gasteiger partial charge in [0, 0.05) is 18.1 Å². The van der Waals surface area contributed by atoms with Crippen LogP contribution in [0.4, 0.5) is 0 Å². The van der Waals surface area contributed by atoms with Gasteiger partial charge in [0.1, 0.15) is 11.9 Å². The average Bonchev–Trinajstić information content (AvgIpc) is 2.41. The molecule has 1 amide bonds. The molecule has 0 bridgehead atoms. The summed E-state index contributed by atoms with van der Waals surface area (Å²) in [6.07, 6.45) is -0.0905. The standard InChI is InChI=1S/C14H21BrN2O3/c1-11(20-13-5-3-4-12(15)8-13)9-17-14(18)10-16-6-7-19-2/h3-5,8,11,16H,6-7,9-10H2,1-2H3,(H,17,18). The second-order valence-electron chi connectivity index (χ2n) is 4.36. The van der Waals surface area contributed by atoms with Crippen molar-refractivity contribution >= 4 is 21.8 Å². The predicted octanol–water partition coefficient (Wildman–Crippen LogP) is 1.57. The third-order valence-electron chi connectivity index (χ3n) is 2.49. The smallest absolute Gasteiger partial charge is 0.234 e. The Morgan fingerprint density at radius 2 is 2.25 bits per heavy atom. The number of benzene rings is 1. The molecule has 0 saturated heterocycles. The van der Waals surface area contributed by atoms with Gasteiger partial charge < -0.3 is 20.1 Å². The summed E-state index contributed by atoms with van der Waals surface area (Å²) in [6.45, 7) is 3.92. The van der Waals surface area contributed by atoms with Gasteiger partial charge in [-0.3, -0.25) is 4.79 Å². The minimum atomic E-state index is -0.0905. The van der Waals surface area contributed by atoms with E-state index in [2.05, 4.69) is 26.6 Å². The molecule has 0 spiro atoms. The van der Waals surface area contributed by atoms with Crippen LogP contribution in [0.1, 0.15) is 6.92 Å². The number of methoxy groups -OCH3 is 1.